The number of nitro groups is 1. The Labute approximate surface area is 211 Å². The van der Waals surface area contributed by atoms with E-state index in [9.17, 15) is 24.5 Å². The number of esters is 1. The van der Waals surface area contributed by atoms with Gasteiger partial charge in [-0.2, -0.15) is 5.10 Å². The molecule has 11 heteroatoms. The Bertz CT molecular complexity index is 1280. The molecule has 0 aliphatic carbocycles. The topological polar surface area (TPSA) is 140 Å². The Kier molecular flexibility index (Phi) is 9.24. The number of hydrogen-bond donors (Lipinski definition) is 2. The zero-order chi connectivity index (χ0) is 25.9. The van der Waals surface area contributed by atoms with E-state index in [1.165, 1.54) is 30.5 Å². The lowest BCUT2D eigenvalue weighted by atomic mass is 10.2. The molecule has 0 bridgehead atoms. The van der Waals surface area contributed by atoms with Crippen LogP contribution in [0.2, 0.25) is 5.02 Å². The van der Waals surface area contributed by atoms with E-state index in [0.29, 0.717) is 28.3 Å². The van der Waals surface area contributed by atoms with Gasteiger partial charge in [-0.05, 0) is 60.5 Å². The van der Waals surface area contributed by atoms with E-state index >= 15 is 0 Å². The first kappa shape index (κ1) is 26.0. The van der Waals surface area contributed by atoms with Gasteiger partial charge in [0, 0.05) is 30.7 Å². The highest BCUT2D eigenvalue weighted by atomic mass is 35.5. The SMILES string of the molecule is O=C(CCCNC(=O)c1ccc([N+](=O)[O-])cc1)NN=Cc1ccc(OC(=O)c2ccccc2Cl)cc1. The molecule has 0 saturated heterocycles. The van der Waals surface area contributed by atoms with Crippen LogP contribution in [0, 0.1) is 10.1 Å². The summed E-state index contributed by atoms with van der Waals surface area (Å²) in [5.41, 5.74) is 3.52. The molecule has 2 amide bonds. The van der Waals surface area contributed by atoms with Crippen LogP contribution in [0.3, 0.4) is 0 Å². The average molecular weight is 509 g/mol. The predicted octanol–water partition coefficient (Wildman–Crippen LogP) is 4.13. The molecule has 0 radical (unpaired) electrons. The zero-order valence-electron chi connectivity index (χ0n) is 18.8. The summed E-state index contributed by atoms with van der Waals surface area (Å²) in [6.07, 6.45) is 1.95. The molecule has 2 N–H and O–H groups in total. The Morgan fingerprint density at radius 1 is 1.00 bits per heavy atom. The normalized spacial score (nSPS) is 10.6. The van der Waals surface area contributed by atoms with Crippen molar-refractivity contribution in [3.8, 4) is 5.75 Å². The Morgan fingerprint density at radius 2 is 1.69 bits per heavy atom. The van der Waals surface area contributed by atoms with Gasteiger partial charge in [-0.1, -0.05) is 23.7 Å². The van der Waals surface area contributed by atoms with Crippen molar-refractivity contribution in [1.29, 1.82) is 0 Å². The number of non-ortho nitro benzene ring substituents is 1. The van der Waals surface area contributed by atoms with Crippen LogP contribution >= 0.6 is 11.6 Å². The largest absolute Gasteiger partial charge is 0.423 e. The van der Waals surface area contributed by atoms with E-state index in [4.69, 9.17) is 16.3 Å². The van der Waals surface area contributed by atoms with Gasteiger partial charge in [0.2, 0.25) is 5.91 Å². The third-order valence-electron chi connectivity index (χ3n) is 4.79. The van der Waals surface area contributed by atoms with Crippen LogP contribution in [-0.4, -0.2) is 35.5 Å². The van der Waals surface area contributed by atoms with Gasteiger partial charge in [-0.15, -0.1) is 0 Å². The molecule has 0 fully saturated rings. The molecule has 3 rings (SSSR count). The van der Waals surface area contributed by atoms with Crippen LogP contribution < -0.4 is 15.5 Å². The number of ether oxygens (including phenoxy) is 1. The number of carbonyl (C=O) groups is 3. The summed E-state index contributed by atoms with van der Waals surface area (Å²) in [5.74, 6) is -0.958. The first-order chi connectivity index (χ1) is 17.3. The predicted molar refractivity (Wildman–Crippen MR) is 133 cm³/mol. The number of nitro benzene ring substituents is 1. The van der Waals surface area contributed by atoms with Gasteiger partial charge in [0.15, 0.2) is 0 Å². The summed E-state index contributed by atoms with van der Waals surface area (Å²) in [6.45, 7) is 0.251. The van der Waals surface area contributed by atoms with Gasteiger partial charge in [-0.3, -0.25) is 19.7 Å². The zero-order valence-corrected chi connectivity index (χ0v) is 19.6. The second-order valence-corrected chi connectivity index (χ2v) is 7.80. The van der Waals surface area contributed by atoms with Crippen molar-refractivity contribution in [3.05, 3.63) is 105 Å². The van der Waals surface area contributed by atoms with Crippen LogP contribution in [0.5, 0.6) is 5.75 Å². The van der Waals surface area contributed by atoms with Gasteiger partial charge in [0.1, 0.15) is 5.75 Å². The molecular formula is C25H21ClN4O6. The minimum atomic E-state index is -0.571. The molecule has 10 nitrogen and oxygen atoms in total. The highest BCUT2D eigenvalue weighted by Gasteiger charge is 2.12. The molecule has 0 saturated carbocycles. The molecule has 0 aliphatic rings. The number of benzene rings is 3. The molecular weight excluding hydrogens is 488 g/mol. The summed E-state index contributed by atoms with van der Waals surface area (Å²) in [7, 11) is 0. The van der Waals surface area contributed by atoms with Gasteiger partial charge in [0.05, 0.1) is 21.7 Å². The number of halogens is 1. The second-order valence-electron chi connectivity index (χ2n) is 7.40. The molecule has 0 unspecified atom stereocenters. The summed E-state index contributed by atoms with van der Waals surface area (Å²) in [5, 5.41) is 17.5. The van der Waals surface area contributed by atoms with Gasteiger partial charge in [-0.25, -0.2) is 10.2 Å². The van der Waals surface area contributed by atoms with Crippen LogP contribution in [0.15, 0.2) is 77.9 Å². The van der Waals surface area contributed by atoms with Gasteiger partial charge < -0.3 is 10.1 Å². The lowest BCUT2D eigenvalue weighted by Crippen LogP contribution is -2.26. The minimum Gasteiger partial charge on any atom is -0.423 e. The number of rotatable bonds is 10. The molecule has 184 valence electrons. The number of hydrazone groups is 1. The van der Waals surface area contributed by atoms with Crippen molar-refractivity contribution in [2.75, 3.05) is 6.54 Å². The van der Waals surface area contributed by atoms with E-state index in [0.717, 1.165) is 0 Å². The van der Waals surface area contributed by atoms with E-state index in [1.54, 1.807) is 48.5 Å². The summed E-state index contributed by atoms with van der Waals surface area (Å²) >= 11 is 6.00. The fourth-order valence-corrected chi connectivity index (χ4v) is 3.15. The third-order valence-corrected chi connectivity index (χ3v) is 5.12. The summed E-state index contributed by atoms with van der Waals surface area (Å²) in [4.78, 5) is 46.3. The first-order valence-corrected chi connectivity index (χ1v) is 11.1. The summed E-state index contributed by atoms with van der Waals surface area (Å²) in [6, 6.07) is 18.3. The maximum atomic E-state index is 12.2. The standard InChI is InChI=1S/C25H21ClN4O6/c26-22-5-2-1-4-21(22)25(33)36-20-13-7-17(8-14-20)16-28-29-23(31)6-3-15-27-24(32)18-9-11-19(12-10-18)30(34)35/h1-2,4-5,7-14,16H,3,6,15H2,(H,27,32)(H,29,31). The maximum Gasteiger partial charge on any atom is 0.345 e. The van der Waals surface area contributed by atoms with E-state index < -0.39 is 10.9 Å². The molecule has 0 aliphatic heterocycles. The van der Waals surface area contributed by atoms with Crippen molar-refractivity contribution < 1.29 is 24.0 Å². The number of hydrogen-bond acceptors (Lipinski definition) is 7. The van der Waals surface area contributed by atoms with Crippen LogP contribution in [0.1, 0.15) is 39.1 Å². The lowest BCUT2D eigenvalue weighted by molar-refractivity contribution is -0.384. The molecule has 36 heavy (non-hydrogen) atoms. The molecule has 0 heterocycles. The van der Waals surface area contributed by atoms with E-state index in [1.807, 2.05) is 0 Å². The highest BCUT2D eigenvalue weighted by molar-refractivity contribution is 6.33. The van der Waals surface area contributed by atoms with Crippen molar-refractivity contribution in [2.45, 2.75) is 12.8 Å². The highest BCUT2D eigenvalue weighted by Crippen LogP contribution is 2.19. The van der Waals surface area contributed by atoms with E-state index in [-0.39, 0.29) is 36.0 Å². The fraction of sp³-hybridized carbons (Fsp3) is 0.120. The Morgan fingerprint density at radius 3 is 2.36 bits per heavy atom. The van der Waals surface area contributed by atoms with Gasteiger partial charge >= 0.3 is 5.97 Å². The summed E-state index contributed by atoms with van der Waals surface area (Å²) < 4.78 is 5.30. The number of carbonyl (C=O) groups excluding carboxylic acids is 3. The Balaban J connectivity index is 1.36. The number of nitrogens with zero attached hydrogens (tertiary/aromatic N) is 2. The van der Waals surface area contributed by atoms with Crippen LogP contribution in [0.4, 0.5) is 5.69 Å². The third kappa shape index (κ3) is 7.74. The van der Waals surface area contributed by atoms with Crippen LogP contribution in [-0.2, 0) is 4.79 Å². The van der Waals surface area contributed by atoms with Crippen molar-refractivity contribution >= 4 is 41.3 Å². The molecule has 0 spiro atoms. The molecule has 0 aromatic heterocycles. The van der Waals surface area contributed by atoms with Crippen molar-refractivity contribution in [2.24, 2.45) is 5.10 Å². The Hall–Kier alpha value is -4.57. The number of amides is 2. The monoisotopic (exact) mass is 508 g/mol. The number of nitrogens with one attached hydrogen (secondary N) is 2. The smallest absolute Gasteiger partial charge is 0.345 e. The lowest BCUT2D eigenvalue weighted by Gasteiger charge is -2.06. The van der Waals surface area contributed by atoms with Crippen molar-refractivity contribution in [3.63, 3.8) is 0 Å². The van der Waals surface area contributed by atoms with E-state index in [2.05, 4.69) is 15.8 Å². The fourth-order valence-electron chi connectivity index (χ4n) is 2.93. The van der Waals surface area contributed by atoms with Crippen molar-refractivity contribution in [1.82, 2.24) is 10.7 Å². The first-order valence-electron chi connectivity index (χ1n) is 10.7. The molecule has 0 atom stereocenters. The maximum absolute atomic E-state index is 12.2. The average Bonchev–Trinajstić information content (AvgIpc) is 2.87. The quantitative estimate of drug-likeness (QED) is 0.105. The van der Waals surface area contributed by atoms with Gasteiger partial charge in [0.25, 0.3) is 11.6 Å². The minimum absolute atomic E-state index is 0.100. The molecule has 3 aromatic carbocycles. The second kappa shape index (κ2) is 12.8. The van der Waals surface area contributed by atoms with Crippen LogP contribution in [0.25, 0.3) is 0 Å². The molecule has 3 aromatic rings.